The fraction of sp³-hybridized carbons (Fsp3) is 1.00. The van der Waals surface area contributed by atoms with Crippen LogP contribution >= 0.6 is 0 Å². The Morgan fingerprint density at radius 2 is 1.80 bits per heavy atom. The summed E-state index contributed by atoms with van der Waals surface area (Å²) < 4.78 is 10.8. The number of hydrogen-bond acceptors (Lipinski definition) is 4. The molecule has 0 spiro atoms. The highest BCUT2D eigenvalue weighted by Gasteiger charge is 2.16. The van der Waals surface area contributed by atoms with E-state index in [-0.39, 0.29) is 24.9 Å². The van der Waals surface area contributed by atoms with Gasteiger partial charge < -0.3 is 19.7 Å². The second-order valence-electron chi connectivity index (χ2n) is 4.62. The molecule has 92 valence electrons. The molecule has 4 nitrogen and oxygen atoms in total. The van der Waals surface area contributed by atoms with Crippen molar-refractivity contribution >= 4 is 0 Å². The van der Waals surface area contributed by atoms with E-state index < -0.39 is 6.10 Å². The predicted octanol–water partition coefficient (Wildman–Crippen LogP) is 0.950. The van der Waals surface area contributed by atoms with E-state index in [0.29, 0.717) is 13.0 Å². The average molecular weight is 220 g/mol. The highest BCUT2D eigenvalue weighted by molar-refractivity contribution is 4.63. The molecule has 0 saturated carbocycles. The molecular formula is C11H24O4. The summed E-state index contributed by atoms with van der Waals surface area (Å²) in [5.74, 6) is 0. The molecule has 0 bridgehead atoms. The van der Waals surface area contributed by atoms with Gasteiger partial charge in [-0.1, -0.05) is 6.92 Å². The average Bonchev–Trinajstić information content (AvgIpc) is 2.16. The van der Waals surface area contributed by atoms with Crippen LogP contribution in [0.5, 0.6) is 0 Å². The maximum Gasteiger partial charge on any atom is 0.104 e. The monoisotopic (exact) mass is 220 g/mol. The quantitative estimate of drug-likeness (QED) is 0.670. The molecule has 4 heteroatoms. The Bertz CT molecular complexity index is 153. The van der Waals surface area contributed by atoms with E-state index in [1.54, 1.807) is 0 Å². The second kappa shape index (κ2) is 7.17. The van der Waals surface area contributed by atoms with Crippen LogP contribution in [0, 0.1) is 0 Å². The van der Waals surface area contributed by atoms with Crippen LogP contribution in [0.3, 0.4) is 0 Å². The molecule has 0 fully saturated rings. The SMILES string of the molecule is CCC(O)COC(CO)COC(C)(C)C. The molecule has 0 heterocycles. The summed E-state index contributed by atoms with van der Waals surface area (Å²) in [4.78, 5) is 0. The van der Waals surface area contributed by atoms with Crippen LogP contribution in [-0.4, -0.2) is 47.8 Å². The van der Waals surface area contributed by atoms with Gasteiger partial charge in [0.1, 0.15) is 6.10 Å². The van der Waals surface area contributed by atoms with E-state index in [1.807, 2.05) is 27.7 Å². The molecule has 0 saturated heterocycles. The number of ether oxygens (including phenoxy) is 2. The van der Waals surface area contributed by atoms with Crippen molar-refractivity contribution in [1.29, 1.82) is 0 Å². The lowest BCUT2D eigenvalue weighted by molar-refractivity contribution is -0.101. The van der Waals surface area contributed by atoms with Crippen LogP contribution in [-0.2, 0) is 9.47 Å². The van der Waals surface area contributed by atoms with Gasteiger partial charge in [0.05, 0.1) is 31.5 Å². The van der Waals surface area contributed by atoms with Gasteiger partial charge in [0.2, 0.25) is 0 Å². The van der Waals surface area contributed by atoms with Gasteiger partial charge in [0.15, 0.2) is 0 Å². The van der Waals surface area contributed by atoms with Gasteiger partial charge in [-0.3, -0.25) is 0 Å². The van der Waals surface area contributed by atoms with Gasteiger partial charge in [0.25, 0.3) is 0 Å². The Hall–Kier alpha value is -0.160. The molecule has 2 atom stereocenters. The normalized spacial score (nSPS) is 16.4. The van der Waals surface area contributed by atoms with Gasteiger partial charge in [-0.25, -0.2) is 0 Å². The second-order valence-corrected chi connectivity index (χ2v) is 4.62. The van der Waals surface area contributed by atoms with E-state index in [9.17, 15) is 5.11 Å². The molecule has 0 aliphatic carbocycles. The number of rotatable bonds is 7. The molecule has 0 aromatic heterocycles. The van der Waals surface area contributed by atoms with Crippen molar-refractivity contribution in [3.05, 3.63) is 0 Å². The van der Waals surface area contributed by atoms with Crippen molar-refractivity contribution < 1.29 is 19.7 Å². The minimum Gasteiger partial charge on any atom is -0.394 e. The standard InChI is InChI=1S/C11H24O4/c1-5-9(13)7-14-10(6-12)8-15-11(2,3)4/h9-10,12-13H,5-8H2,1-4H3. The summed E-state index contributed by atoms with van der Waals surface area (Å²) in [5.41, 5.74) is -0.236. The van der Waals surface area contributed by atoms with Crippen LogP contribution in [0.2, 0.25) is 0 Å². The van der Waals surface area contributed by atoms with Crippen molar-refractivity contribution in [3.8, 4) is 0 Å². The predicted molar refractivity (Wildman–Crippen MR) is 58.8 cm³/mol. The Kier molecular flexibility index (Phi) is 7.09. The third-order valence-corrected chi connectivity index (χ3v) is 1.90. The molecular weight excluding hydrogens is 196 g/mol. The zero-order chi connectivity index (χ0) is 11.9. The number of aliphatic hydroxyl groups excluding tert-OH is 2. The first kappa shape index (κ1) is 14.8. The summed E-state index contributed by atoms with van der Waals surface area (Å²) in [7, 11) is 0. The molecule has 0 aromatic rings. The van der Waals surface area contributed by atoms with Crippen LogP contribution in [0.25, 0.3) is 0 Å². The van der Waals surface area contributed by atoms with Gasteiger partial charge >= 0.3 is 0 Å². The zero-order valence-electron chi connectivity index (χ0n) is 10.2. The molecule has 15 heavy (non-hydrogen) atoms. The van der Waals surface area contributed by atoms with Crippen LogP contribution < -0.4 is 0 Å². The summed E-state index contributed by atoms with van der Waals surface area (Å²) in [6.07, 6.45) is -0.169. The molecule has 0 aliphatic rings. The first-order chi connectivity index (χ1) is 6.89. The maximum absolute atomic E-state index is 9.28. The van der Waals surface area contributed by atoms with E-state index >= 15 is 0 Å². The van der Waals surface area contributed by atoms with Crippen molar-refractivity contribution in [1.82, 2.24) is 0 Å². The van der Waals surface area contributed by atoms with Crippen molar-refractivity contribution in [2.75, 3.05) is 19.8 Å². The third-order valence-electron chi connectivity index (χ3n) is 1.90. The molecule has 0 rings (SSSR count). The lowest BCUT2D eigenvalue weighted by Gasteiger charge is -2.24. The summed E-state index contributed by atoms with van der Waals surface area (Å²) in [5, 5.41) is 18.3. The fourth-order valence-electron chi connectivity index (χ4n) is 0.861. The molecule has 2 unspecified atom stereocenters. The molecule has 0 radical (unpaired) electrons. The molecule has 0 aliphatic heterocycles. The smallest absolute Gasteiger partial charge is 0.104 e. The molecule has 2 N–H and O–H groups in total. The van der Waals surface area contributed by atoms with Crippen molar-refractivity contribution in [2.45, 2.75) is 51.9 Å². The number of aliphatic hydroxyl groups is 2. The fourth-order valence-corrected chi connectivity index (χ4v) is 0.861. The Morgan fingerprint density at radius 3 is 2.20 bits per heavy atom. The van der Waals surface area contributed by atoms with E-state index in [4.69, 9.17) is 14.6 Å². The van der Waals surface area contributed by atoms with Gasteiger partial charge in [-0.2, -0.15) is 0 Å². The van der Waals surface area contributed by atoms with E-state index in [2.05, 4.69) is 0 Å². The summed E-state index contributed by atoms with van der Waals surface area (Å²) in [6, 6.07) is 0. The molecule has 0 aromatic carbocycles. The highest BCUT2D eigenvalue weighted by Crippen LogP contribution is 2.08. The van der Waals surface area contributed by atoms with Crippen LogP contribution in [0.1, 0.15) is 34.1 Å². The maximum atomic E-state index is 9.28. The summed E-state index contributed by atoms with van der Waals surface area (Å²) >= 11 is 0. The minimum absolute atomic E-state index is 0.0908. The summed E-state index contributed by atoms with van der Waals surface area (Å²) in [6.45, 7) is 8.22. The topological polar surface area (TPSA) is 58.9 Å². The van der Waals surface area contributed by atoms with Crippen molar-refractivity contribution in [3.63, 3.8) is 0 Å². The third kappa shape index (κ3) is 8.81. The Balaban J connectivity index is 3.73. The Labute approximate surface area is 92.2 Å². The first-order valence-corrected chi connectivity index (χ1v) is 5.43. The van der Waals surface area contributed by atoms with E-state index in [1.165, 1.54) is 0 Å². The lowest BCUT2D eigenvalue weighted by atomic mass is 10.2. The van der Waals surface area contributed by atoms with E-state index in [0.717, 1.165) is 0 Å². The van der Waals surface area contributed by atoms with Gasteiger partial charge in [-0.05, 0) is 27.2 Å². The highest BCUT2D eigenvalue weighted by atomic mass is 16.6. The number of hydrogen-bond donors (Lipinski definition) is 2. The first-order valence-electron chi connectivity index (χ1n) is 5.43. The lowest BCUT2D eigenvalue weighted by Crippen LogP contribution is -2.32. The van der Waals surface area contributed by atoms with Crippen LogP contribution in [0.15, 0.2) is 0 Å². The zero-order valence-corrected chi connectivity index (χ0v) is 10.2. The molecule has 0 amide bonds. The largest absolute Gasteiger partial charge is 0.394 e. The minimum atomic E-state index is -0.464. The van der Waals surface area contributed by atoms with Gasteiger partial charge in [-0.15, -0.1) is 0 Å². The van der Waals surface area contributed by atoms with Gasteiger partial charge in [0, 0.05) is 0 Å². The Morgan fingerprint density at radius 1 is 1.20 bits per heavy atom. The van der Waals surface area contributed by atoms with Crippen molar-refractivity contribution in [2.24, 2.45) is 0 Å². The van der Waals surface area contributed by atoms with Crippen LogP contribution in [0.4, 0.5) is 0 Å².